The molecule has 0 aromatic heterocycles. The number of nitrogens with zero attached hydrogens (tertiary/aromatic N) is 1. The van der Waals surface area contributed by atoms with Crippen LogP contribution in [0.15, 0.2) is 24.3 Å². The van der Waals surface area contributed by atoms with Crippen molar-refractivity contribution in [3.8, 4) is 0 Å². The number of fused-ring (bicyclic) bond motifs is 1. The second-order valence-electron chi connectivity index (χ2n) is 5.15. The highest BCUT2D eigenvalue weighted by Crippen LogP contribution is 2.24. The molecule has 1 heterocycles. The molecule has 24 heavy (non-hydrogen) atoms. The number of carbonyl (C=O) groups excluding carboxylic acids is 4. The van der Waals surface area contributed by atoms with E-state index in [4.69, 9.17) is 9.47 Å². The molecule has 0 fully saturated rings. The van der Waals surface area contributed by atoms with Crippen molar-refractivity contribution in [3.05, 3.63) is 35.4 Å². The summed E-state index contributed by atoms with van der Waals surface area (Å²) in [5, 5.41) is 2.49. The third-order valence-electron chi connectivity index (χ3n) is 3.53. The molecule has 2 rings (SSSR count). The molecule has 0 unspecified atom stereocenters. The summed E-state index contributed by atoms with van der Waals surface area (Å²) in [6, 6.07) is 5.21. The van der Waals surface area contributed by atoms with Crippen LogP contribution in [0.5, 0.6) is 0 Å². The Labute approximate surface area is 138 Å². The molecular weight excluding hydrogens is 316 g/mol. The third-order valence-corrected chi connectivity index (χ3v) is 3.53. The predicted octanol–water partition coefficient (Wildman–Crippen LogP) is -0.0231. The third kappa shape index (κ3) is 3.60. The number of hydrogen-bond acceptors (Lipinski definition) is 6. The number of carbonyl (C=O) groups is 4. The Balaban J connectivity index is 1.93. The van der Waals surface area contributed by atoms with Crippen molar-refractivity contribution in [1.82, 2.24) is 10.2 Å². The Bertz CT molecular complexity index is 637. The Morgan fingerprint density at radius 1 is 1.17 bits per heavy atom. The summed E-state index contributed by atoms with van der Waals surface area (Å²) in [4.78, 5) is 48.9. The van der Waals surface area contributed by atoms with Gasteiger partial charge in [-0.1, -0.05) is 12.1 Å². The molecule has 0 saturated carbocycles. The number of ether oxygens (including phenoxy) is 2. The maximum atomic E-state index is 12.3. The molecule has 0 radical (unpaired) electrons. The van der Waals surface area contributed by atoms with E-state index < -0.39 is 36.3 Å². The van der Waals surface area contributed by atoms with Gasteiger partial charge in [-0.2, -0.15) is 0 Å². The average molecular weight is 334 g/mol. The summed E-state index contributed by atoms with van der Waals surface area (Å²) >= 11 is 0. The Morgan fingerprint density at radius 2 is 1.75 bits per heavy atom. The van der Waals surface area contributed by atoms with Crippen LogP contribution in [0, 0.1) is 0 Å². The minimum Gasteiger partial charge on any atom is -0.454 e. The lowest BCUT2D eigenvalue weighted by Gasteiger charge is -2.20. The van der Waals surface area contributed by atoms with Crippen LogP contribution < -0.4 is 5.32 Å². The van der Waals surface area contributed by atoms with E-state index in [2.05, 4.69) is 5.32 Å². The van der Waals surface area contributed by atoms with Gasteiger partial charge in [-0.3, -0.25) is 19.3 Å². The smallest absolute Gasteiger partial charge is 0.329 e. The van der Waals surface area contributed by atoms with Crippen molar-refractivity contribution >= 4 is 23.7 Å². The zero-order valence-electron chi connectivity index (χ0n) is 13.4. The van der Waals surface area contributed by atoms with Crippen molar-refractivity contribution in [3.63, 3.8) is 0 Å². The van der Waals surface area contributed by atoms with Crippen molar-refractivity contribution < 1.29 is 28.7 Å². The molecule has 1 aromatic carbocycles. The number of benzene rings is 1. The molecule has 0 saturated heterocycles. The van der Waals surface area contributed by atoms with Gasteiger partial charge in [0.2, 0.25) is 0 Å². The zero-order chi connectivity index (χ0) is 17.7. The van der Waals surface area contributed by atoms with Gasteiger partial charge in [0.1, 0.15) is 6.04 Å². The number of amides is 3. The number of imide groups is 1. The van der Waals surface area contributed by atoms with Gasteiger partial charge in [-0.05, 0) is 19.1 Å². The van der Waals surface area contributed by atoms with Crippen molar-refractivity contribution in [2.75, 3.05) is 26.9 Å². The first-order valence-corrected chi connectivity index (χ1v) is 7.36. The standard InChI is InChI=1S/C16H18N2O6/c1-10(16(22)24-9-13(19)17-7-8-23-2)18-14(20)11-5-3-4-6-12(11)15(18)21/h3-6,10H,7-9H2,1-2H3,(H,17,19)/t10-/m0/s1. The number of hydrogen-bond donors (Lipinski definition) is 1. The maximum absolute atomic E-state index is 12.3. The van der Waals surface area contributed by atoms with E-state index in [0.29, 0.717) is 13.2 Å². The van der Waals surface area contributed by atoms with Gasteiger partial charge in [0.25, 0.3) is 17.7 Å². The Hall–Kier alpha value is -2.74. The fourth-order valence-electron chi connectivity index (χ4n) is 2.27. The van der Waals surface area contributed by atoms with Gasteiger partial charge >= 0.3 is 5.97 Å². The Morgan fingerprint density at radius 3 is 2.29 bits per heavy atom. The Kier molecular flexibility index (Phi) is 5.64. The van der Waals surface area contributed by atoms with Gasteiger partial charge in [-0.15, -0.1) is 0 Å². The van der Waals surface area contributed by atoms with Gasteiger partial charge in [-0.25, -0.2) is 4.79 Å². The van der Waals surface area contributed by atoms with Crippen LogP contribution in [0.4, 0.5) is 0 Å². The molecule has 0 bridgehead atoms. The second-order valence-corrected chi connectivity index (χ2v) is 5.15. The number of rotatable bonds is 7. The first-order chi connectivity index (χ1) is 11.5. The molecule has 1 aliphatic heterocycles. The molecular formula is C16H18N2O6. The van der Waals surface area contributed by atoms with E-state index in [1.807, 2.05) is 0 Å². The lowest BCUT2D eigenvalue weighted by Crippen LogP contribution is -2.44. The zero-order valence-corrected chi connectivity index (χ0v) is 13.4. The van der Waals surface area contributed by atoms with Crippen molar-refractivity contribution in [1.29, 1.82) is 0 Å². The van der Waals surface area contributed by atoms with E-state index in [9.17, 15) is 19.2 Å². The normalized spacial score (nSPS) is 14.3. The quantitative estimate of drug-likeness (QED) is 0.427. The van der Waals surface area contributed by atoms with Gasteiger partial charge in [0.05, 0.1) is 17.7 Å². The monoisotopic (exact) mass is 334 g/mol. The molecule has 8 nitrogen and oxygen atoms in total. The SMILES string of the molecule is COCCNC(=O)COC(=O)[C@H](C)N1C(=O)c2ccccc2C1=O. The van der Waals surface area contributed by atoms with Crippen molar-refractivity contribution in [2.45, 2.75) is 13.0 Å². The number of esters is 1. The summed E-state index contributed by atoms with van der Waals surface area (Å²) in [6.07, 6.45) is 0. The lowest BCUT2D eigenvalue weighted by atomic mass is 10.1. The molecule has 1 aromatic rings. The molecule has 0 aliphatic carbocycles. The molecule has 1 atom stereocenters. The fourth-order valence-corrected chi connectivity index (χ4v) is 2.27. The van der Waals surface area contributed by atoms with Gasteiger partial charge in [0, 0.05) is 13.7 Å². The van der Waals surface area contributed by atoms with Crippen LogP contribution in [-0.4, -0.2) is 61.5 Å². The lowest BCUT2D eigenvalue weighted by molar-refractivity contribution is -0.151. The molecule has 128 valence electrons. The van der Waals surface area contributed by atoms with E-state index in [1.54, 1.807) is 12.1 Å². The largest absolute Gasteiger partial charge is 0.454 e. The maximum Gasteiger partial charge on any atom is 0.329 e. The van der Waals surface area contributed by atoms with Crippen LogP contribution in [0.3, 0.4) is 0 Å². The highest BCUT2D eigenvalue weighted by molar-refractivity contribution is 6.22. The van der Waals surface area contributed by atoms with Crippen LogP contribution in [0.25, 0.3) is 0 Å². The summed E-state index contributed by atoms with van der Waals surface area (Å²) in [5.74, 6) is -2.42. The van der Waals surface area contributed by atoms with E-state index in [0.717, 1.165) is 4.90 Å². The molecule has 1 aliphatic rings. The summed E-state index contributed by atoms with van der Waals surface area (Å²) in [5.41, 5.74) is 0.499. The van der Waals surface area contributed by atoms with Crippen LogP contribution in [0.1, 0.15) is 27.6 Å². The van der Waals surface area contributed by atoms with Crippen LogP contribution >= 0.6 is 0 Å². The topological polar surface area (TPSA) is 102 Å². The van der Waals surface area contributed by atoms with Gasteiger partial charge in [0.15, 0.2) is 6.61 Å². The minimum absolute atomic E-state index is 0.249. The fraction of sp³-hybridized carbons (Fsp3) is 0.375. The van der Waals surface area contributed by atoms with Crippen LogP contribution in [0.2, 0.25) is 0 Å². The second kappa shape index (κ2) is 7.69. The van der Waals surface area contributed by atoms with E-state index >= 15 is 0 Å². The highest BCUT2D eigenvalue weighted by Gasteiger charge is 2.41. The molecule has 3 amide bonds. The summed E-state index contributed by atoms with van der Waals surface area (Å²) in [6.45, 7) is 1.52. The molecule has 0 spiro atoms. The molecule has 1 N–H and O–H groups in total. The molecule has 8 heteroatoms. The summed E-state index contributed by atoms with van der Waals surface area (Å²) < 4.78 is 9.64. The minimum atomic E-state index is -1.12. The van der Waals surface area contributed by atoms with Gasteiger partial charge < -0.3 is 14.8 Å². The first-order valence-electron chi connectivity index (χ1n) is 7.36. The number of nitrogens with one attached hydrogen (secondary N) is 1. The highest BCUT2D eigenvalue weighted by atomic mass is 16.5. The number of methoxy groups -OCH3 is 1. The van der Waals surface area contributed by atoms with E-state index in [-0.39, 0.29) is 11.1 Å². The summed E-state index contributed by atoms with van der Waals surface area (Å²) in [7, 11) is 1.50. The average Bonchev–Trinajstić information content (AvgIpc) is 2.84. The first kappa shape index (κ1) is 17.6. The van der Waals surface area contributed by atoms with Crippen LogP contribution in [-0.2, 0) is 19.1 Å². The van der Waals surface area contributed by atoms with E-state index in [1.165, 1.54) is 26.2 Å². The van der Waals surface area contributed by atoms with Crippen molar-refractivity contribution in [2.24, 2.45) is 0 Å². The predicted molar refractivity (Wildman–Crippen MR) is 82.2 cm³/mol.